The van der Waals surface area contributed by atoms with Crippen molar-refractivity contribution in [3.63, 3.8) is 0 Å². The van der Waals surface area contributed by atoms with E-state index in [2.05, 4.69) is 16.0 Å². The van der Waals surface area contributed by atoms with E-state index in [4.69, 9.17) is 0 Å². The van der Waals surface area contributed by atoms with Crippen molar-refractivity contribution in [1.29, 1.82) is 0 Å². The monoisotopic (exact) mass is 347 g/mol. The largest absolute Gasteiger partial charge is 0.356 e. The Morgan fingerprint density at radius 1 is 0.960 bits per heavy atom. The van der Waals surface area contributed by atoms with E-state index in [9.17, 15) is 14.4 Å². The highest BCUT2D eigenvalue weighted by Crippen LogP contribution is 2.11. The minimum atomic E-state index is -0.0581. The molecule has 0 unspecified atom stereocenters. The summed E-state index contributed by atoms with van der Waals surface area (Å²) in [6.45, 7) is 6.33. The fourth-order valence-electron chi connectivity index (χ4n) is 2.13. The zero-order valence-corrected chi connectivity index (χ0v) is 15.4. The molecule has 1 aromatic rings. The van der Waals surface area contributed by atoms with Crippen LogP contribution in [-0.2, 0) is 20.9 Å². The van der Waals surface area contributed by atoms with Crippen LogP contribution in [0.3, 0.4) is 0 Å². The second-order valence-corrected chi connectivity index (χ2v) is 6.41. The van der Waals surface area contributed by atoms with Gasteiger partial charge in [0.25, 0.3) is 0 Å². The van der Waals surface area contributed by atoms with Crippen molar-refractivity contribution in [2.75, 3.05) is 11.9 Å². The van der Waals surface area contributed by atoms with Gasteiger partial charge in [0.05, 0.1) is 0 Å². The molecule has 0 aliphatic carbocycles. The number of rotatable bonds is 10. The van der Waals surface area contributed by atoms with Crippen LogP contribution in [0.15, 0.2) is 24.3 Å². The number of anilines is 1. The Bertz CT molecular complexity index is 568. The predicted octanol–water partition coefficient (Wildman–Crippen LogP) is 2.59. The molecule has 138 valence electrons. The van der Waals surface area contributed by atoms with Crippen LogP contribution in [0.5, 0.6) is 0 Å². The molecule has 0 aliphatic rings. The summed E-state index contributed by atoms with van der Waals surface area (Å²) >= 11 is 0. The molecule has 6 heteroatoms. The Morgan fingerprint density at radius 3 is 2.24 bits per heavy atom. The van der Waals surface area contributed by atoms with Crippen LogP contribution in [-0.4, -0.2) is 24.3 Å². The SMILES string of the molecule is CC(=O)NCCCCCC(=O)NCc1ccc(NC(=O)C(C)C)cc1. The summed E-state index contributed by atoms with van der Waals surface area (Å²) in [5, 5.41) is 8.46. The Kier molecular flexibility index (Phi) is 9.29. The van der Waals surface area contributed by atoms with E-state index in [1.165, 1.54) is 6.92 Å². The zero-order valence-electron chi connectivity index (χ0n) is 15.4. The molecule has 0 saturated heterocycles. The molecular weight excluding hydrogens is 318 g/mol. The molecule has 0 atom stereocenters. The van der Waals surface area contributed by atoms with E-state index in [0.29, 0.717) is 19.5 Å². The Hall–Kier alpha value is -2.37. The summed E-state index contributed by atoms with van der Waals surface area (Å²) in [5.74, 6) is -0.0685. The van der Waals surface area contributed by atoms with Gasteiger partial charge in [0.15, 0.2) is 0 Å². The molecule has 3 amide bonds. The molecule has 0 fully saturated rings. The topological polar surface area (TPSA) is 87.3 Å². The highest BCUT2D eigenvalue weighted by atomic mass is 16.2. The van der Waals surface area contributed by atoms with Crippen molar-refractivity contribution in [3.8, 4) is 0 Å². The van der Waals surface area contributed by atoms with E-state index in [0.717, 1.165) is 30.5 Å². The molecule has 3 N–H and O–H groups in total. The number of amides is 3. The summed E-state index contributed by atoms with van der Waals surface area (Å²) in [5.41, 5.74) is 1.74. The lowest BCUT2D eigenvalue weighted by Crippen LogP contribution is -2.23. The maximum atomic E-state index is 11.8. The molecule has 0 bridgehead atoms. The molecule has 1 aromatic carbocycles. The van der Waals surface area contributed by atoms with E-state index in [1.54, 1.807) is 0 Å². The number of carbonyl (C=O) groups is 3. The van der Waals surface area contributed by atoms with Crippen LogP contribution in [0.4, 0.5) is 5.69 Å². The van der Waals surface area contributed by atoms with Crippen molar-refractivity contribution in [2.45, 2.75) is 53.0 Å². The average molecular weight is 347 g/mol. The lowest BCUT2D eigenvalue weighted by atomic mass is 10.1. The van der Waals surface area contributed by atoms with Gasteiger partial charge in [-0.25, -0.2) is 0 Å². The maximum absolute atomic E-state index is 11.8. The normalized spacial score (nSPS) is 10.4. The summed E-state index contributed by atoms with van der Waals surface area (Å²) in [6.07, 6.45) is 3.10. The van der Waals surface area contributed by atoms with Crippen molar-refractivity contribution in [2.24, 2.45) is 5.92 Å². The molecule has 0 heterocycles. The lowest BCUT2D eigenvalue weighted by Gasteiger charge is -2.09. The first-order chi connectivity index (χ1) is 11.9. The van der Waals surface area contributed by atoms with Gasteiger partial charge in [-0.05, 0) is 30.5 Å². The fourth-order valence-corrected chi connectivity index (χ4v) is 2.13. The van der Waals surface area contributed by atoms with Crippen LogP contribution in [0, 0.1) is 5.92 Å². The van der Waals surface area contributed by atoms with Crippen molar-refractivity contribution in [1.82, 2.24) is 10.6 Å². The van der Waals surface area contributed by atoms with Crippen LogP contribution in [0.1, 0.15) is 52.0 Å². The summed E-state index contributed by atoms with van der Waals surface area (Å²) in [6, 6.07) is 7.46. The van der Waals surface area contributed by atoms with Gasteiger partial charge in [-0.1, -0.05) is 32.4 Å². The van der Waals surface area contributed by atoms with Gasteiger partial charge in [0, 0.05) is 38.0 Å². The summed E-state index contributed by atoms with van der Waals surface area (Å²) < 4.78 is 0. The van der Waals surface area contributed by atoms with Crippen molar-refractivity contribution >= 4 is 23.4 Å². The first-order valence-electron chi connectivity index (χ1n) is 8.79. The quantitative estimate of drug-likeness (QED) is 0.569. The number of benzene rings is 1. The average Bonchev–Trinajstić information content (AvgIpc) is 2.57. The Balaban J connectivity index is 2.21. The van der Waals surface area contributed by atoms with Gasteiger partial charge in [0.2, 0.25) is 17.7 Å². The standard InChI is InChI=1S/C19H29N3O3/c1-14(2)19(25)22-17-10-8-16(9-11-17)13-21-18(24)7-5-4-6-12-20-15(3)23/h8-11,14H,4-7,12-13H2,1-3H3,(H,20,23)(H,21,24)(H,22,25). The minimum absolute atomic E-state index is 0.0143. The van der Waals surface area contributed by atoms with Crippen LogP contribution >= 0.6 is 0 Å². The van der Waals surface area contributed by atoms with Gasteiger partial charge in [-0.2, -0.15) is 0 Å². The number of hydrogen-bond acceptors (Lipinski definition) is 3. The number of unbranched alkanes of at least 4 members (excludes halogenated alkanes) is 2. The zero-order chi connectivity index (χ0) is 18.7. The first-order valence-corrected chi connectivity index (χ1v) is 8.79. The summed E-state index contributed by atoms with van der Waals surface area (Å²) in [7, 11) is 0. The highest BCUT2D eigenvalue weighted by molar-refractivity contribution is 5.92. The number of nitrogens with one attached hydrogen (secondary N) is 3. The van der Waals surface area contributed by atoms with E-state index in [1.807, 2.05) is 38.1 Å². The third-order valence-corrected chi connectivity index (χ3v) is 3.69. The lowest BCUT2D eigenvalue weighted by molar-refractivity contribution is -0.121. The van der Waals surface area contributed by atoms with Gasteiger partial charge < -0.3 is 16.0 Å². The first kappa shape index (κ1) is 20.7. The second-order valence-electron chi connectivity index (χ2n) is 6.41. The van der Waals surface area contributed by atoms with E-state index in [-0.39, 0.29) is 23.6 Å². The van der Waals surface area contributed by atoms with Gasteiger partial charge in [0.1, 0.15) is 0 Å². The van der Waals surface area contributed by atoms with Gasteiger partial charge >= 0.3 is 0 Å². The van der Waals surface area contributed by atoms with E-state index >= 15 is 0 Å². The number of hydrogen-bond donors (Lipinski definition) is 3. The molecule has 0 saturated carbocycles. The molecule has 0 radical (unpaired) electrons. The Labute approximate surface area is 149 Å². The van der Waals surface area contributed by atoms with Crippen LogP contribution in [0.25, 0.3) is 0 Å². The smallest absolute Gasteiger partial charge is 0.226 e. The Morgan fingerprint density at radius 2 is 1.64 bits per heavy atom. The van der Waals surface area contributed by atoms with E-state index < -0.39 is 0 Å². The third kappa shape index (κ3) is 9.49. The second kappa shape index (κ2) is 11.2. The maximum Gasteiger partial charge on any atom is 0.226 e. The summed E-state index contributed by atoms with van der Waals surface area (Å²) in [4.78, 5) is 34.1. The van der Waals surface area contributed by atoms with Gasteiger partial charge in [-0.15, -0.1) is 0 Å². The molecule has 25 heavy (non-hydrogen) atoms. The third-order valence-electron chi connectivity index (χ3n) is 3.69. The van der Waals surface area contributed by atoms with Crippen molar-refractivity contribution < 1.29 is 14.4 Å². The molecule has 1 rings (SSSR count). The number of carbonyl (C=O) groups excluding carboxylic acids is 3. The van der Waals surface area contributed by atoms with Gasteiger partial charge in [-0.3, -0.25) is 14.4 Å². The molecular formula is C19H29N3O3. The van der Waals surface area contributed by atoms with Crippen LogP contribution < -0.4 is 16.0 Å². The molecule has 6 nitrogen and oxygen atoms in total. The molecule has 0 spiro atoms. The molecule has 0 aromatic heterocycles. The van der Waals surface area contributed by atoms with Crippen molar-refractivity contribution in [3.05, 3.63) is 29.8 Å². The van der Waals surface area contributed by atoms with Crippen LogP contribution in [0.2, 0.25) is 0 Å². The minimum Gasteiger partial charge on any atom is -0.356 e. The molecule has 0 aliphatic heterocycles. The highest BCUT2D eigenvalue weighted by Gasteiger charge is 2.07. The predicted molar refractivity (Wildman–Crippen MR) is 98.9 cm³/mol. The fraction of sp³-hybridized carbons (Fsp3) is 0.526.